The van der Waals surface area contributed by atoms with Crippen LogP contribution in [-0.4, -0.2) is 25.5 Å². The Morgan fingerprint density at radius 1 is 1.14 bits per heavy atom. The quantitative estimate of drug-likeness (QED) is 0.558. The van der Waals surface area contributed by atoms with E-state index in [1.807, 2.05) is 0 Å². The zero-order valence-corrected chi connectivity index (χ0v) is 15.1. The number of fused-ring (bicyclic) bond motifs is 1. The van der Waals surface area contributed by atoms with E-state index in [1.165, 1.54) is 47.4 Å². The summed E-state index contributed by atoms with van der Waals surface area (Å²) in [6, 6.07) is 10.0. The molecule has 1 amide bonds. The van der Waals surface area contributed by atoms with Gasteiger partial charge in [-0.2, -0.15) is 0 Å². The molecule has 9 heteroatoms. The number of aryl methyl sites for hydroxylation is 1. The van der Waals surface area contributed by atoms with Crippen LogP contribution in [0.3, 0.4) is 0 Å². The Kier molecular flexibility index (Phi) is 4.71. The van der Waals surface area contributed by atoms with Crippen molar-refractivity contribution in [3.8, 4) is 11.4 Å². The Bertz CT molecular complexity index is 1220. The van der Waals surface area contributed by atoms with Gasteiger partial charge in [0, 0.05) is 18.0 Å². The highest BCUT2D eigenvalue weighted by molar-refractivity contribution is 6.01. The first-order chi connectivity index (χ1) is 13.9. The molecule has 0 atom stereocenters. The zero-order chi connectivity index (χ0) is 20.5. The van der Waals surface area contributed by atoms with Crippen LogP contribution in [0.4, 0.5) is 13.2 Å². The van der Waals surface area contributed by atoms with Gasteiger partial charge in [-0.3, -0.25) is 14.9 Å². The molecule has 3 aromatic heterocycles. The van der Waals surface area contributed by atoms with Crippen LogP contribution < -0.4 is 5.43 Å². The van der Waals surface area contributed by atoms with Crippen LogP contribution >= 0.6 is 0 Å². The van der Waals surface area contributed by atoms with E-state index in [-0.39, 0.29) is 11.3 Å². The molecule has 0 spiro atoms. The topological polar surface area (TPSA) is 72.7 Å². The Hall–Kier alpha value is -3.75. The van der Waals surface area contributed by atoms with E-state index in [9.17, 15) is 18.0 Å². The maximum Gasteiger partial charge on any atom is 0.280 e. The van der Waals surface area contributed by atoms with Crippen molar-refractivity contribution in [1.82, 2.24) is 19.6 Å². The van der Waals surface area contributed by atoms with Crippen LogP contribution in [0.5, 0.6) is 0 Å². The molecule has 146 valence electrons. The van der Waals surface area contributed by atoms with Gasteiger partial charge in [0.05, 0.1) is 22.3 Å². The predicted octanol–water partition coefficient (Wildman–Crippen LogP) is 4.26. The van der Waals surface area contributed by atoms with Crippen molar-refractivity contribution < 1.29 is 18.0 Å². The average molecular weight is 397 g/mol. The van der Waals surface area contributed by atoms with Gasteiger partial charge in [0.25, 0.3) is 12.3 Å². The van der Waals surface area contributed by atoms with Gasteiger partial charge in [0.2, 0.25) is 0 Å². The summed E-state index contributed by atoms with van der Waals surface area (Å²) >= 11 is 0. The summed E-state index contributed by atoms with van der Waals surface area (Å²) in [5.41, 5.74) is 4.25. The lowest BCUT2D eigenvalue weighted by Gasteiger charge is -2.10. The third-order valence-electron chi connectivity index (χ3n) is 4.32. The summed E-state index contributed by atoms with van der Waals surface area (Å²) in [5.74, 6) is -0.592. The molecule has 4 aromatic rings. The van der Waals surface area contributed by atoms with Crippen molar-refractivity contribution in [3.63, 3.8) is 0 Å². The molecule has 29 heavy (non-hydrogen) atoms. The average Bonchev–Trinajstić information content (AvgIpc) is 3.09. The van der Waals surface area contributed by atoms with Gasteiger partial charge in [0.15, 0.2) is 5.82 Å². The summed E-state index contributed by atoms with van der Waals surface area (Å²) in [6.07, 6.45) is 0.201. The van der Waals surface area contributed by atoms with E-state index in [0.29, 0.717) is 28.1 Å². The van der Waals surface area contributed by atoms with Crippen molar-refractivity contribution in [1.29, 1.82) is 0 Å². The first-order valence-electron chi connectivity index (χ1n) is 8.59. The van der Waals surface area contributed by atoms with Gasteiger partial charge in [-0.05, 0) is 37.3 Å². The second-order valence-corrected chi connectivity index (χ2v) is 6.27. The first-order valence-corrected chi connectivity index (χ1v) is 8.59. The number of alkyl halides is 2. The van der Waals surface area contributed by atoms with E-state index >= 15 is 0 Å². The van der Waals surface area contributed by atoms with Gasteiger partial charge < -0.3 is 0 Å². The molecule has 0 aliphatic heterocycles. The number of amides is 1. The second kappa shape index (κ2) is 7.34. The van der Waals surface area contributed by atoms with E-state index in [1.54, 1.807) is 19.1 Å². The summed E-state index contributed by atoms with van der Waals surface area (Å²) in [7, 11) is 0. The molecular formula is C20H14F3N5O. The van der Waals surface area contributed by atoms with Gasteiger partial charge in [-0.15, -0.1) is 0 Å². The standard InChI is InChI=1S/C20H14F3N5O/c1-11-14(10-24-19(25-11)12-3-2-4-13(21)9-12)20(29)27-28-8-7-15-17(28)6-5-16(26-15)18(22)23/h2-10,18H,1H3,(H,27,29). The molecule has 0 radical (unpaired) electrons. The van der Waals surface area contributed by atoms with Crippen LogP contribution in [0, 0.1) is 12.7 Å². The molecule has 0 aliphatic carbocycles. The third-order valence-corrected chi connectivity index (χ3v) is 4.32. The molecule has 3 heterocycles. The fraction of sp³-hybridized carbons (Fsp3) is 0.100. The number of carbonyl (C=O) groups is 1. The van der Waals surface area contributed by atoms with Crippen molar-refractivity contribution in [3.05, 3.63) is 77.6 Å². The number of benzene rings is 1. The molecule has 1 N–H and O–H groups in total. The molecule has 1 aromatic carbocycles. The lowest BCUT2D eigenvalue weighted by molar-refractivity contribution is 0.101. The zero-order valence-electron chi connectivity index (χ0n) is 15.1. The highest BCUT2D eigenvalue weighted by Gasteiger charge is 2.15. The monoisotopic (exact) mass is 397 g/mol. The van der Waals surface area contributed by atoms with Crippen LogP contribution in [0.1, 0.15) is 28.2 Å². The Morgan fingerprint density at radius 2 is 1.97 bits per heavy atom. The number of aromatic nitrogens is 4. The summed E-state index contributed by atoms with van der Waals surface area (Å²) in [4.78, 5) is 24.9. The van der Waals surface area contributed by atoms with Crippen molar-refractivity contribution in [2.75, 3.05) is 5.43 Å². The van der Waals surface area contributed by atoms with E-state index in [4.69, 9.17) is 0 Å². The molecule has 4 rings (SSSR count). The normalized spacial score (nSPS) is 11.2. The Balaban J connectivity index is 1.59. The minimum absolute atomic E-state index is 0.226. The van der Waals surface area contributed by atoms with Gasteiger partial charge in [-0.1, -0.05) is 12.1 Å². The van der Waals surface area contributed by atoms with E-state index < -0.39 is 18.1 Å². The third kappa shape index (κ3) is 3.66. The van der Waals surface area contributed by atoms with Gasteiger partial charge in [-0.25, -0.2) is 28.1 Å². The number of nitrogens with zero attached hydrogens (tertiary/aromatic N) is 4. The maximum atomic E-state index is 13.4. The van der Waals surface area contributed by atoms with Gasteiger partial charge in [0.1, 0.15) is 11.5 Å². The molecule has 0 bridgehead atoms. The number of hydrogen-bond acceptors (Lipinski definition) is 4. The largest absolute Gasteiger partial charge is 0.280 e. The molecule has 0 saturated carbocycles. The van der Waals surface area contributed by atoms with Gasteiger partial charge >= 0.3 is 0 Å². The molecule has 0 fully saturated rings. The number of pyridine rings is 1. The van der Waals surface area contributed by atoms with Crippen LogP contribution in [0.2, 0.25) is 0 Å². The Labute approximate surface area is 163 Å². The Morgan fingerprint density at radius 3 is 2.69 bits per heavy atom. The highest BCUT2D eigenvalue weighted by atomic mass is 19.3. The highest BCUT2D eigenvalue weighted by Crippen LogP contribution is 2.21. The fourth-order valence-corrected chi connectivity index (χ4v) is 2.88. The van der Waals surface area contributed by atoms with Crippen LogP contribution in [0.25, 0.3) is 22.4 Å². The SMILES string of the molecule is Cc1nc(-c2cccc(F)c2)ncc1C(=O)Nn1ccc2nc(C(F)F)ccc21. The minimum Gasteiger partial charge on any atom is -0.267 e. The molecular weight excluding hydrogens is 383 g/mol. The molecule has 0 unspecified atom stereocenters. The van der Waals surface area contributed by atoms with E-state index in [2.05, 4.69) is 20.4 Å². The predicted molar refractivity (Wildman–Crippen MR) is 101 cm³/mol. The molecule has 0 aliphatic rings. The van der Waals surface area contributed by atoms with Crippen molar-refractivity contribution >= 4 is 16.9 Å². The lowest BCUT2D eigenvalue weighted by Crippen LogP contribution is -2.23. The first kappa shape index (κ1) is 18.6. The smallest absolute Gasteiger partial charge is 0.267 e. The summed E-state index contributed by atoms with van der Waals surface area (Å²) in [6.45, 7) is 1.64. The van der Waals surface area contributed by atoms with Crippen molar-refractivity contribution in [2.45, 2.75) is 13.3 Å². The maximum absolute atomic E-state index is 13.4. The summed E-state index contributed by atoms with van der Waals surface area (Å²) < 4.78 is 40.4. The lowest BCUT2D eigenvalue weighted by atomic mass is 10.2. The number of nitrogens with one attached hydrogen (secondary N) is 1. The van der Waals surface area contributed by atoms with Crippen LogP contribution in [0.15, 0.2) is 54.9 Å². The number of hydrogen-bond donors (Lipinski definition) is 1. The van der Waals surface area contributed by atoms with E-state index in [0.717, 1.165) is 0 Å². The fourth-order valence-electron chi connectivity index (χ4n) is 2.88. The number of carbonyl (C=O) groups excluding carboxylic acids is 1. The summed E-state index contributed by atoms with van der Waals surface area (Å²) in [5, 5.41) is 0. The molecule has 6 nitrogen and oxygen atoms in total. The second-order valence-electron chi connectivity index (χ2n) is 6.27. The number of halogens is 3. The number of rotatable bonds is 4. The van der Waals surface area contributed by atoms with Crippen molar-refractivity contribution in [2.24, 2.45) is 0 Å². The minimum atomic E-state index is -2.67. The molecule has 0 saturated heterocycles. The van der Waals surface area contributed by atoms with Crippen LogP contribution in [-0.2, 0) is 0 Å².